The van der Waals surface area contributed by atoms with Gasteiger partial charge in [0.05, 0.1) is 11.0 Å². The van der Waals surface area contributed by atoms with E-state index in [4.69, 9.17) is 22.1 Å². The number of ether oxygens (including phenoxy) is 1. The predicted octanol–water partition coefficient (Wildman–Crippen LogP) is 0.241. The average Bonchev–Trinajstić information content (AvgIpc) is 3.00. The number of amides is 1. The first-order chi connectivity index (χ1) is 10.9. The molecule has 0 saturated carbocycles. The Hall–Kier alpha value is -1.19. The predicted molar refractivity (Wildman–Crippen MR) is 86.6 cm³/mol. The Balaban J connectivity index is 1.76. The summed E-state index contributed by atoms with van der Waals surface area (Å²) in [6, 6.07) is 5.97. The van der Waals surface area contributed by atoms with Crippen LogP contribution in [0.25, 0.3) is 0 Å². The van der Waals surface area contributed by atoms with E-state index in [-0.39, 0.29) is 30.0 Å². The summed E-state index contributed by atoms with van der Waals surface area (Å²) in [5.41, 5.74) is 5.49. The first-order valence-electron chi connectivity index (χ1n) is 7.31. The highest BCUT2D eigenvalue weighted by atomic mass is 35.5. The van der Waals surface area contributed by atoms with Crippen molar-refractivity contribution < 1.29 is 17.9 Å². The van der Waals surface area contributed by atoms with E-state index in [9.17, 15) is 13.2 Å². The van der Waals surface area contributed by atoms with Crippen LogP contribution in [-0.2, 0) is 19.6 Å². The highest BCUT2D eigenvalue weighted by Crippen LogP contribution is 2.18. The van der Waals surface area contributed by atoms with Crippen LogP contribution in [0.3, 0.4) is 0 Å². The van der Waals surface area contributed by atoms with Crippen LogP contribution in [0.15, 0.2) is 29.2 Å². The molecule has 9 heteroatoms. The minimum absolute atomic E-state index is 0.0768. The molecule has 0 unspecified atom stereocenters. The molecular weight excluding hydrogens is 342 g/mol. The molecule has 1 aromatic carbocycles. The lowest BCUT2D eigenvalue weighted by Gasteiger charge is -2.13. The van der Waals surface area contributed by atoms with Crippen molar-refractivity contribution in [2.75, 3.05) is 19.6 Å². The van der Waals surface area contributed by atoms with Gasteiger partial charge >= 0.3 is 0 Å². The lowest BCUT2D eigenvalue weighted by atomic mass is 10.2. The van der Waals surface area contributed by atoms with Gasteiger partial charge in [0, 0.05) is 24.7 Å². The molecule has 0 spiro atoms. The zero-order chi connectivity index (χ0) is 16.9. The maximum absolute atomic E-state index is 12.0. The van der Waals surface area contributed by atoms with E-state index in [0.717, 1.165) is 6.42 Å². The van der Waals surface area contributed by atoms with Crippen molar-refractivity contribution in [2.45, 2.75) is 29.9 Å². The Morgan fingerprint density at radius 3 is 2.78 bits per heavy atom. The van der Waals surface area contributed by atoms with Crippen LogP contribution in [0.5, 0.6) is 0 Å². The lowest BCUT2D eigenvalue weighted by molar-refractivity contribution is -0.131. The van der Waals surface area contributed by atoms with Crippen molar-refractivity contribution >= 4 is 27.5 Å². The van der Waals surface area contributed by atoms with Crippen molar-refractivity contribution in [3.63, 3.8) is 0 Å². The van der Waals surface area contributed by atoms with E-state index in [1.165, 1.54) is 12.1 Å². The van der Waals surface area contributed by atoms with Gasteiger partial charge < -0.3 is 15.8 Å². The van der Waals surface area contributed by atoms with Crippen LogP contribution in [0.4, 0.5) is 0 Å². The number of benzene rings is 1. The molecule has 0 aromatic heterocycles. The molecule has 1 aliphatic rings. The van der Waals surface area contributed by atoms with Crippen molar-refractivity contribution in [3.05, 3.63) is 29.3 Å². The number of halogens is 1. The van der Waals surface area contributed by atoms with Crippen molar-refractivity contribution in [2.24, 2.45) is 5.73 Å². The quantitative estimate of drug-likeness (QED) is 0.602. The molecule has 7 nitrogen and oxygen atoms in total. The van der Waals surface area contributed by atoms with Gasteiger partial charge in [-0.05, 0) is 31.0 Å². The smallest absolute Gasteiger partial charge is 0.249 e. The highest BCUT2D eigenvalue weighted by Gasteiger charge is 2.29. The number of carbonyl (C=O) groups excluding carboxylic acids is 1. The van der Waals surface area contributed by atoms with E-state index in [1.807, 2.05) is 0 Å². The summed E-state index contributed by atoms with van der Waals surface area (Å²) in [5, 5.41) is 2.99. The van der Waals surface area contributed by atoms with Crippen molar-refractivity contribution in [1.29, 1.82) is 0 Å². The Labute approximate surface area is 140 Å². The third kappa shape index (κ3) is 5.15. The summed E-state index contributed by atoms with van der Waals surface area (Å²) in [6.45, 7) is 0.641. The fourth-order valence-electron chi connectivity index (χ4n) is 2.27. The number of hydrogen-bond acceptors (Lipinski definition) is 5. The molecule has 0 radical (unpaired) electrons. The third-order valence-electron chi connectivity index (χ3n) is 3.49. The van der Waals surface area contributed by atoms with Crippen LogP contribution >= 0.6 is 11.6 Å². The molecule has 2 rings (SSSR count). The minimum atomic E-state index is -3.65. The molecule has 4 N–H and O–H groups in total. The van der Waals surface area contributed by atoms with Gasteiger partial charge in [-0.3, -0.25) is 4.79 Å². The summed E-state index contributed by atoms with van der Waals surface area (Å²) in [6.07, 6.45) is 0.804. The summed E-state index contributed by atoms with van der Waals surface area (Å²) in [4.78, 5) is 12.0. The molecule has 128 valence electrons. The normalized spacial score (nSPS) is 21.3. The number of nitrogens with two attached hydrogens (primary N) is 1. The van der Waals surface area contributed by atoms with E-state index in [2.05, 4.69) is 10.0 Å². The van der Waals surface area contributed by atoms with Gasteiger partial charge in [-0.25, -0.2) is 13.1 Å². The maximum Gasteiger partial charge on any atom is 0.249 e. The number of rotatable bonds is 7. The summed E-state index contributed by atoms with van der Waals surface area (Å²) in [5.74, 6) is -0.247. The van der Waals surface area contributed by atoms with E-state index < -0.39 is 16.1 Å². The lowest BCUT2D eigenvalue weighted by Crippen LogP contribution is -2.40. The molecule has 1 heterocycles. The van der Waals surface area contributed by atoms with Gasteiger partial charge in [0.15, 0.2) is 0 Å². The summed E-state index contributed by atoms with van der Waals surface area (Å²) >= 11 is 5.78. The first kappa shape index (κ1) is 18.2. The van der Waals surface area contributed by atoms with Crippen molar-refractivity contribution in [1.82, 2.24) is 10.0 Å². The van der Waals surface area contributed by atoms with Crippen LogP contribution in [0, 0.1) is 0 Å². The Morgan fingerprint density at radius 2 is 2.13 bits per heavy atom. The second kappa shape index (κ2) is 8.07. The van der Waals surface area contributed by atoms with Gasteiger partial charge in [-0.2, -0.15) is 0 Å². The Morgan fingerprint density at radius 1 is 1.35 bits per heavy atom. The molecule has 1 saturated heterocycles. The van der Waals surface area contributed by atoms with Crippen LogP contribution in [0.2, 0.25) is 5.02 Å². The third-order valence-corrected chi connectivity index (χ3v) is 5.18. The zero-order valence-electron chi connectivity index (χ0n) is 12.5. The van der Waals surface area contributed by atoms with Crippen LogP contribution < -0.4 is 15.8 Å². The zero-order valence-corrected chi connectivity index (χ0v) is 14.1. The van der Waals surface area contributed by atoms with Gasteiger partial charge in [0.1, 0.15) is 6.10 Å². The van der Waals surface area contributed by atoms with Gasteiger partial charge in [-0.1, -0.05) is 17.7 Å². The summed E-state index contributed by atoms with van der Waals surface area (Å²) < 4.78 is 32.0. The van der Waals surface area contributed by atoms with Gasteiger partial charge in [0.25, 0.3) is 0 Å². The monoisotopic (exact) mass is 361 g/mol. The fourth-order valence-corrected chi connectivity index (χ4v) is 3.61. The van der Waals surface area contributed by atoms with E-state index >= 15 is 0 Å². The summed E-state index contributed by atoms with van der Waals surface area (Å²) in [7, 11) is -3.65. The maximum atomic E-state index is 12.0. The van der Waals surface area contributed by atoms with Crippen LogP contribution in [0.1, 0.15) is 12.8 Å². The number of nitrogens with one attached hydrogen (secondary N) is 2. The van der Waals surface area contributed by atoms with Gasteiger partial charge in [0.2, 0.25) is 15.9 Å². The Kier molecular flexibility index (Phi) is 6.37. The molecule has 0 aliphatic carbocycles. The second-order valence-electron chi connectivity index (χ2n) is 5.21. The van der Waals surface area contributed by atoms with Crippen LogP contribution in [-0.4, -0.2) is 46.2 Å². The molecule has 1 fully saturated rings. The molecule has 1 aliphatic heterocycles. The van der Waals surface area contributed by atoms with E-state index in [1.54, 1.807) is 12.1 Å². The molecular formula is C14H20ClN3O4S. The largest absolute Gasteiger partial charge is 0.364 e. The Bertz CT molecular complexity index is 653. The molecule has 2 atom stereocenters. The average molecular weight is 362 g/mol. The number of sulfonamides is 1. The van der Waals surface area contributed by atoms with Gasteiger partial charge in [-0.15, -0.1) is 0 Å². The number of carbonyl (C=O) groups is 1. The standard InChI is InChI=1S/C14H20ClN3O4S/c15-10-2-1-3-12(8-10)23(20,21)18-7-6-17-14(19)13-5-4-11(9-16)22-13/h1-3,8,11,13,18H,4-7,9,16H2,(H,17,19)/t11-,13+/m1/s1. The second-order valence-corrected chi connectivity index (χ2v) is 7.41. The fraction of sp³-hybridized carbons (Fsp3) is 0.500. The van der Waals surface area contributed by atoms with E-state index in [0.29, 0.717) is 18.0 Å². The molecule has 23 heavy (non-hydrogen) atoms. The highest BCUT2D eigenvalue weighted by molar-refractivity contribution is 7.89. The SMILES string of the molecule is NC[C@H]1CC[C@@H](C(=O)NCCNS(=O)(=O)c2cccc(Cl)c2)O1. The first-order valence-corrected chi connectivity index (χ1v) is 9.17. The molecule has 1 aromatic rings. The molecule has 1 amide bonds. The number of hydrogen-bond donors (Lipinski definition) is 3. The minimum Gasteiger partial charge on any atom is -0.364 e. The van der Waals surface area contributed by atoms with Crippen molar-refractivity contribution in [3.8, 4) is 0 Å². The molecule has 0 bridgehead atoms. The topological polar surface area (TPSA) is 111 Å².